The summed E-state index contributed by atoms with van der Waals surface area (Å²) in [6.07, 6.45) is 0. The van der Waals surface area contributed by atoms with E-state index in [0.717, 1.165) is 36.3 Å². The summed E-state index contributed by atoms with van der Waals surface area (Å²) in [6, 6.07) is 3.57. The van der Waals surface area contributed by atoms with Crippen LogP contribution in [0.3, 0.4) is 0 Å². The smallest absolute Gasteiger partial charge is 0.242 e. The first-order chi connectivity index (χ1) is 9.08. The number of nitrogens with zero attached hydrogens (tertiary/aromatic N) is 2. The molecule has 1 aliphatic heterocycles. The minimum absolute atomic E-state index is 0.00359. The third-order valence-electron chi connectivity index (χ3n) is 3.35. The quantitative estimate of drug-likeness (QED) is 0.881. The fourth-order valence-electron chi connectivity index (χ4n) is 2.08. The summed E-state index contributed by atoms with van der Waals surface area (Å²) in [7, 11) is 0. The first-order valence-electron chi connectivity index (χ1n) is 6.46. The summed E-state index contributed by atoms with van der Waals surface area (Å²) in [5.41, 5.74) is 0.868. The topological polar surface area (TPSA) is 57.3 Å². The number of piperazine rings is 1. The van der Waals surface area contributed by atoms with Gasteiger partial charge in [-0.25, -0.2) is 4.98 Å². The number of hydrogen-bond acceptors (Lipinski definition) is 4. The van der Waals surface area contributed by atoms with E-state index in [0.29, 0.717) is 5.82 Å². The third-order valence-corrected chi connectivity index (χ3v) is 4.19. The number of hydrogen-bond donors (Lipinski definition) is 2. The van der Waals surface area contributed by atoms with Crippen LogP contribution in [0.15, 0.2) is 16.6 Å². The van der Waals surface area contributed by atoms with E-state index in [-0.39, 0.29) is 11.9 Å². The molecule has 1 saturated heterocycles. The highest BCUT2D eigenvalue weighted by Gasteiger charge is 2.22. The van der Waals surface area contributed by atoms with Gasteiger partial charge in [0, 0.05) is 30.7 Å². The molecule has 0 aromatic carbocycles. The SMILES string of the molecule is Cc1nc(NC(=O)C(C)N2CCNCC2)ccc1Br. The molecule has 1 unspecified atom stereocenters. The second-order valence-corrected chi connectivity index (χ2v) is 5.57. The molecule has 1 aliphatic rings. The van der Waals surface area contributed by atoms with Gasteiger partial charge in [0.05, 0.1) is 11.7 Å². The standard InChI is InChI=1S/C13H19BrN4O/c1-9-11(14)3-4-12(16-9)17-13(19)10(2)18-7-5-15-6-8-18/h3-4,10,15H,5-8H2,1-2H3,(H,16,17,19). The van der Waals surface area contributed by atoms with Gasteiger partial charge in [-0.1, -0.05) is 0 Å². The Morgan fingerprint density at radius 1 is 1.47 bits per heavy atom. The number of halogens is 1. The summed E-state index contributed by atoms with van der Waals surface area (Å²) >= 11 is 3.40. The van der Waals surface area contributed by atoms with Gasteiger partial charge in [-0.3, -0.25) is 9.69 Å². The van der Waals surface area contributed by atoms with E-state index in [9.17, 15) is 4.79 Å². The molecular weight excluding hydrogens is 308 g/mol. The first kappa shape index (κ1) is 14.4. The molecule has 0 spiro atoms. The highest BCUT2D eigenvalue weighted by molar-refractivity contribution is 9.10. The lowest BCUT2D eigenvalue weighted by Crippen LogP contribution is -2.51. The normalized spacial score (nSPS) is 18.1. The molecule has 0 bridgehead atoms. The van der Waals surface area contributed by atoms with E-state index in [1.54, 1.807) is 6.07 Å². The predicted molar refractivity (Wildman–Crippen MR) is 79.2 cm³/mol. The minimum Gasteiger partial charge on any atom is -0.314 e. The van der Waals surface area contributed by atoms with E-state index >= 15 is 0 Å². The number of rotatable bonds is 3. The zero-order valence-corrected chi connectivity index (χ0v) is 12.8. The van der Waals surface area contributed by atoms with Crippen molar-refractivity contribution in [2.75, 3.05) is 31.5 Å². The van der Waals surface area contributed by atoms with Crippen LogP contribution < -0.4 is 10.6 Å². The van der Waals surface area contributed by atoms with Gasteiger partial charge >= 0.3 is 0 Å². The van der Waals surface area contributed by atoms with Crippen molar-refractivity contribution in [1.29, 1.82) is 0 Å². The van der Waals surface area contributed by atoms with Gasteiger partial charge in [0.25, 0.3) is 0 Å². The summed E-state index contributed by atoms with van der Waals surface area (Å²) in [4.78, 5) is 18.7. The predicted octanol–water partition coefficient (Wildman–Crippen LogP) is 1.38. The zero-order valence-electron chi connectivity index (χ0n) is 11.2. The second kappa shape index (κ2) is 6.45. The highest BCUT2D eigenvalue weighted by atomic mass is 79.9. The Balaban J connectivity index is 1.97. The molecule has 0 radical (unpaired) electrons. The Morgan fingerprint density at radius 3 is 2.79 bits per heavy atom. The van der Waals surface area contributed by atoms with Gasteiger partial charge < -0.3 is 10.6 Å². The van der Waals surface area contributed by atoms with E-state index in [4.69, 9.17) is 0 Å². The molecule has 1 amide bonds. The average Bonchev–Trinajstić information content (AvgIpc) is 2.43. The van der Waals surface area contributed by atoms with Crippen molar-refractivity contribution in [2.24, 2.45) is 0 Å². The average molecular weight is 327 g/mol. The third kappa shape index (κ3) is 3.75. The number of nitrogens with one attached hydrogen (secondary N) is 2. The molecular formula is C13H19BrN4O. The van der Waals surface area contributed by atoms with Gasteiger partial charge in [0.2, 0.25) is 5.91 Å². The van der Waals surface area contributed by atoms with E-state index in [1.165, 1.54) is 0 Å². The number of amides is 1. The van der Waals surface area contributed by atoms with Crippen molar-refractivity contribution in [1.82, 2.24) is 15.2 Å². The van der Waals surface area contributed by atoms with Crippen LogP contribution in [0, 0.1) is 6.92 Å². The van der Waals surface area contributed by atoms with Gasteiger partial charge in [-0.05, 0) is 41.9 Å². The van der Waals surface area contributed by atoms with Crippen molar-refractivity contribution < 1.29 is 4.79 Å². The number of anilines is 1. The molecule has 104 valence electrons. The Labute approximate surface area is 121 Å². The monoisotopic (exact) mass is 326 g/mol. The Kier molecular flexibility index (Phi) is 4.90. The zero-order chi connectivity index (χ0) is 13.8. The summed E-state index contributed by atoms with van der Waals surface area (Å²) in [6.45, 7) is 7.52. The van der Waals surface area contributed by atoms with Crippen molar-refractivity contribution in [3.05, 3.63) is 22.3 Å². The molecule has 0 aliphatic carbocycles. The second-order valence-electron chi connectivity index (χ2n) is 4.71. The van der Waals surface area contributed by atoms with Crippen LogP contribution in [0.4, 0.5) is 5.82 Å². The molecule has 2 rings (SSSR count). The highest BCUT2D eigenvalue weighted by Crippen LogP contribution is 2.16. The van der Waals surface area contributed by atoms with Crippen LogP contribution in [-0.2, 0) is 4.79 Å². The molecule has 19 heavy (non-hydrogen) atoms. The van der Waals surface area contributed by atoms with E-state index in [1.807, 2.05) is 19.9 Å². The Morgan fingerprint density at radius 2 is 2.16 bits per heavy atom. The van der Waals surface area contributed by atoms with Gasteiger partial charge in [-0.15, -0.1) is 0 Å². The summed E-state index contributed by atoms with van der Waals surface area (Å²) < 4.78 is 0.945. The molecule has 2 heterocycles. The minimum atomic E-state index is -0.132. The van der Waals surface area contributed by atoms with Crippen LogP contribution in [-0.4, -0.2) is 48.0 Å². The van der Waals surface area contributed by atoms with Crippen LogP contribution in [0.25, 0.3) is 0 Å². The largest absolute Gasteiger partial charge is 0.314 e. The van der Waals surface area contributed by atoms with E-state index < -0.39 is 0 Å². The maximum Gasteiger partial charge on any atom is 0.242 e. The first-order valence-corrected chi connectivity index (χ1v) is 7.26. The molecule has 6 heteroatoms. The molecule has 1 aromatic rings. The number of carbonyl (C=O) groups is 1. The maximum absolute atomic E-state index is 12.2. The summed E-state index contributed by atoms with van der Waals surface area (Å²) in [5.74, 6) is 0.601. The van der Waals surface area contributed by atoms with Crippen LogP contribution in [0.2, 0.25) is 0 Å². The lowest BCUT2D eigenvalue weighted by molar-refractivity contribution is -0.121. The van der Waals surface area contributed by atoms with Crippen LogP contribution in [0.5, 0.6) is 0 Å². The van der Waals surface area contributed by atoms with Crippen LogP contribution >= 0.6 is 15.9 Å². The van der Waals surface area contributed by atoms with Gasteiger partial charge in [0.1, 0.15) is 5.82 Å². The Hall–Kier alpha value is -0.980. The fraction of sp³-hybridized carbons (Fsp3) is 0.538. The molecule has 1 fully saturated rings. The molecule has 5 nitrogen and oxygen atoms in total. The number of pyridine rings is 1. The van der Waals surface area contributed by atoms with Crippen LogP contribution in [0.1, 0.15) is 12.6 Å². The Bertz CT molecular complexity index is 460. The molecule has 0 saturated carbocycles. The van der Waals surface area contributed by atoms with Gasteiger partial charge in [-0.2, -0.15) is 0 Å². The molecule has 1 atom stereocenters. The van der Waals surface area contributed by atoms with Crippen molar-refractivity contribution in [2.45, 2.75) is 19.9 Å². The summed E-state index contributed by atoms with van der Waals surface area (Å²) in [5, 5.41) is 6.16. The van der Waals surface area contributed by atoms with Crippen molar-refractivity contribution in [3.8, 4) is 0 Å². The van der Waals surface area contributed by atoms with Crippen molar-refractivity contribution in [3.63, 3.8) is 0 Å². The fourth-order valence-corrected chi connectivity index (χ4v) is 2.30. The van der Waals surface area contributed by atoms with E-state index in [2.05, 4.69) is 36.4 Å². The lowest BCUT2D eigenvalue weighted by Gasteiger charge is -2.31. The van der Waals surface area contributed by atoms with Crippen molar-refractivity contribution >= 4 is 27.7 Å². The number of carbonyl (C=O) groups excluding carboxylic acids is 1. The molecule has 2 N–H and O–H groups in total. The number of aromatic nitrogens is 1. The lowest BCUT2D eigenvalue weighted by atomic mass is 10.2. The number of aryl methyl sites for hydroxylation is 1. The molecule has 1 aromatic heterocycles. The maximum atomic E-state index is 12.2. The van der Waals surface area contributed by atoms with Gasteiger partial charge in [0.15, 0.2) is 0 Å².